The van der Waals surface area contributed by atoms with Crippen molar-refractivity contribution in [2.45, 2.75) is 44.1 Å². The molecule has 7 heteroatoms. The molecule has 1 saturated carbocycles. The Morgan fingerprint density at radius 3 is 2.85 bits per heavy atom. The quantitative estimate of drug-likeness (QED) is 0.710. The van der Waals surface area contributed by atoms with E-state index in [2.05, 4.69) is 25.4 Å². The normalized spacial score (nSPS) is 23.4. The van der Waals surface area contributed by atoms with Crippen LogP contribution in [0.15, 0.2) is 34.0 Å². The van der Waals surface area contributed by atoms with Crippen LogP contribution in [0.4, 0.5) is 5.82 Å². The summed E-state index contributed by atoms with van der Waals surface area (Å²) in [5.41, 5.74) is 4.31. The van der Waals surface area contributed by atoms with Crippen LogP contribution in [-0.2, 0) is 0 Å². The predicted molar refractivity (Wildman–Crippen MR) is 96.3 cm³/mol. The highest BCUT2D eigenvalue weighted by molar-refractivity contribution is 5.99. The highest BCUT2D eigenvalue weighted by Gasteiger charge is 2.44. The van der Waals surface area contributed by atoms with Crippen molar-refractivity contribution in [3.8, 4) is 0 Å². The Morgan fingerprint density at radius 2 is 2.00 bits per heavy atom. The minimum absolute atomic E-state index is 0.161. The standard InChI is InChI=1S/C19H18N6O/c1-20-18-15(12-8-5-9-14-17(12)25-26-24-14)13-10-21-23-19(13)22-16(18)11-6-3-2-4-7-11/h5,8-11,15,18H,2-4,6-7H2,(H,21,23). The number of rotatable bonds is 2. The molecule has 0 spiro atoms. The summed E-state index contributed by atoms with van der Waals surface area (Å²) in [5, 5.41) is 15.3. The van der Waals surface area contributed by atoms with Crippen LogP contribution in [0.5, 0.6) is 0 Å². The van der Waals surface area contributed by atoms with Gasteiger partial charge in [-0.15, -0.1) is 0 Å². The Bertz CT molecular complexity index is 1020. The van der Waals surface area contributed by atoms with Gasteiger partial charge in [0.15, 0.2) is 5.82 Å². The van der Waals surface area contributed by atoms with Crippen LogP contribution in [0.3, 0.4) is 0 Å². The monoisotopic (exact) mass is 346 g/mol. The highest BCUT2D eigenvalue weighted by atomic mass is 16.6. The van der Waals surface area contributed by atoms with Gasteiger partial charge < -0.3 is 4.85 Å². The highest BCUT2D eigenvalue weighted by Crippen LogP contribution is 2.44. The van der Waals surface area contributed by atoms with Gasteiger partial charge in [0, 0.05) is 11.5 Å². The number of hydrogen-bond acceptors (Lipinski definition) is 5. The van der Waals surface area contributed by atoms with Gasteiger partial charge in [0.25, 0.3) is 6.04 Å². The lowest BCUT2D eigenvalue weighted by Crippen LogP contribution is -2.35. The van der Waals surface area contributed by atoms with Crippen molar-refractivity contribution in [3.63, 3.8) is 0 Å². The molecule has 2 aliphatic rings. The molecule has 3 heterocycles. The van der Waals surface area contributed by atoms with E-state index in [4.69, 9.17) is 16.2 Å². The summed E-state index contributed by atoms with van der Waals surface area (Å²) in [4.78, 5) is 8.88. The fourth-order valence-corrected chi connectivity index (χ4v) is 4.43. The summed E-state index contributed by atoms with van der Waals surface area (Å²) in [5.74, 6) is 0.978. The minimum atomic E-state index is -0.342. The Balaban J connectivity index is 1.68. The van der Waals surface area contributed by atoms with Crippen molar-refractivity contribution < 1.29 is 4.63 Å². The number of nitrogens with zero attached hydrogens (tertiary/aromatic N) is 5. The molecule has 2 unspecified atom stereocenters. The maximum absolute atomic E-state index is 7.95. The molecular weight excluding hydrogens is 328 g/mol. The number of nitrogens with one attached hydrogen (secondary N) is 1. The van der Waals surface area contributed by atoms with Crippen molar-refractivity contribution >= 4 is 22.6 Å². The smallest absolute Gasteiger partial charge is 0.272 e. The zero-order chi connectivity index (χ0) is 17.5. The van der Waals surface area contributed by atoms with E-state index in [1.807, 2.05) is 18.2 Å². The van der Waals surface area contributed by atoms with Gasteiger partial charge in [-0.25, -0.2) is 16.2 Å². The van der Waals surface area contributed by atoms with Crippen LogP contribution in [0.25, 0.3) is 15.9 Å². The molecule has 2 aromatic heterocycles. The molecule has 3 aromatic rings. The lowest BCUT2D eigenvalue weighted by atomic mass is 9.75. The van der Waals surface area contributed by atoms with E-state index in [1.165, 1.54) is 19.3 Å². The number of H-pyrrole nitrogens is 1. The third-order valence-electron chi connectivity index (χ3n) is 5.66. The molecule has 0 radical (unpaired) electrons. The summed E-state index contributed by atoms with van der Waals surface area (Å²) in [6.07, 6.45) is 7.68. The summed E-state index contributed by atoms with van der Waals surface area (Å²) in [7, 11) is 0. The molecule has 1 aliphatic heterocycles. The fourth-order valence-electron chi connectivity index (χ4n) is 4.43. The Hall–Kier alpha value is -3.01. The number of aliphatic imine (C=N–C) groups is 1. The van der Waals surface area contributed by atoms with Gasteiger partial charge in [0.1, 0.15) is 16.7 Å². The van der Waals surface area contributed by atoms with Gasteiger partial charge in [-0.2, -0.15) is 5.10 Å². The average Bonchev–Trinajstić information content (AvgIpc) is 3.36. The van der Waals surface area contributed by atoms with Gasteiger partial charge in [0.05, 0.1) is 12.1 Å². The molecule has 1 fully saturated rings. The minimum Gasteiger partial charge on any atom is -0.306 e. The maximum Gasteiger partial charge on any atom is 0.272 e. The Labute approximate surface area is 150 Å². The van der Waals surface area contributed by atoms with E-state index >= 15 is 0 Å². The number of hydrogen-bond donors (Lipinski definition) is 1. The van der Waals surface area contributed by atoms with Crippen LogP contribution in [0.1, 0.15) is 49.1 Å². The maximum atomic E-state index is 7.95. The van der Waals surface area contributed by atoms with E-state index < -0.39 is 0 Å². The third-order valence-corrected chi connectivity index (χ3v) is 5.66. The van der Waals surface area contributed by atoms with Gasteiger partial charge in [-0.1, -0.05) is 31.4 Å². The summed E-state index contributed by atoms with van der Waals surface area (Å²) >= 11 is 0. The Morgan fingerprint density at radius 1 is 1.12 bits per heavy atom. The zero-order valence-electron chi connectivity index (χ0n) is 14.2. The first-order valence-corrected chi connectivity index (χ1v) is 9.06. The molecule has 0 bridgehead atoms. The summed E-state index contributed by atoms with van der Waals surface area (Å²) in [6.45, 7) is 7.95. The van der Waals surface area contributed by atoms with Crippen molar-refractivity contribution in [1.29, 1.82) is 0 Å². The first-order valence-electron chi connectivity index (χ1n) is 9.06. The van der Waals surface area contributed by atoms with Gasteiger partial charge >= 0.3 is 0 Å². The molecule has 0 saturated heterocycles. The van der Waals surface area contributed by atoms with Crippen LogP contribution >= 0.6 is 0 Å². The van der Waals surface area contributed by atoms with Crippen molar-refractivity contribution in [1.82, 2.24) is 20.5 Å². The second-order valence-electron chi connectivity index (χ2n) is 7.08. The van der Waals surface area contributed by atoms with E-state index in [9.17, 15) is 0 Å². The molecule has 5 rings (SSSR count). The molecule has 130 valence electrons. The molecule has 1 aliphatic carbocycles. The summed E-state index contributed by atoms with van der Waals surface area (Å²) in [6, 6.07) is 5.48. The largest absolute Gasteiger partial charge is 0.306 e. The van der Waals surface area contributed by atoms with Crippen LogP contribution in [0.2, 0.25) is 0 Å². The zero-order valence-corrected chi connectivity index (χ0v) is 14.2. The SMILES string of the molecule is [C-]#[N+]C1C(C2CCCCC2)=Nc2[nH]ncc2C1c1cccc2nonc12. The molecule has 1 aromatic carbocycles. The second-order valence-corrected chi connectivity index (χ2v) is 7.08. The van der Waals surface area contributed by atoms with E-state index in [0.29, 0.717) is 17.0 Å². The summed E-state index contributed by atoms with van der Waals surface area (Å²) < 4.78 is 4.95. The molecule has 26 heavy (non-hydrogen) atoms. The number of benzene rings is 1. The molecule has 7 nitrogen and oxygen atoms in total. The van der Waals surface area contributed by atoms with Crippen LogP contribution in [-0.4, -0.2) is 32.3 Å². The average molecular weight is 346 g/mol. The number of fused-ring (bicyclic) bond motifs is 2. The number of aromatic nitrogens is 4. The lowest BCUT2D eigenvalue weighted by Gasteiger charge is -2.30. The van der Waals surface area contributed by atoms with Gasteiger partial charge in [0.2, 0.25) is 0 Å². The molecular formula is C19H18N6O. The van der Waals surface area contributed by atoms with E-state index in [-0.39, 0.29) is 12.0 Å². The van der Waals surface area contributed by atoms with Crippen molar-refractivity contribution in [2.75, 3.05) is 0 Å². The van der Waals surface area contributed by atoms with Gasteiger partial charge in [-0.3, -0.25) is 5.10 Å². The van der Waals surface area contributed by atoms with Crippen molar-refractivity contribution in [2.24, 2.45) is 10.9 Å². The molecule has 1 N–H and O–H groups in total. The number of aromatic amines is 1. The fraction of sp³-hybridized carbons (Fsp3) is 0.421. The first-order chi connectivity index (χ1) is 12.9. The predicted octanol–water partition coefficient (Wildman–Crippen LogP) is 4.03. The van der Waals surface area contributed by atoms with Crippen LogP contribution in [0, 0.1) is 12.5 Å². The first kappa shape index (κ1) is 15.3. The third kappa shape index (κ3) is 2.25. The Kier molecular flexibility index (Phi) is 3.56. The molecule has 0 amide bonds. The van der Waals surface area contributed by atoms with Crippen molar-refractivity contribution in [3.05, 3.63) is 46.9 Å². The van der Waals surface area contributed by atoms with E-state index in [0.717, 1.165) is 35.5 Å². The van der Waals surface area contributed by atoms with E-state index in [1.54, 1.807) is 6.20 Å². The lowest BCUT2D eigenvalue weighted by molar-refractivity contribution is 0.315. The molecule has 2 atom stereocenters. The van der Waals surface area contributed by atoms with Gasteiger partial charge in [-0.05, 0) is 34.8 Å². The van der Waals surface area contributed by atoms with Crippen LogP contribution < -0.4 is 0 Å². The second kappa shape index (κ2) is 6.06. The topological polar surface area (TPSA) is 84.3 Å².